The molecule has 1 N–H and O–H groups in total. The predicted octanol–water partition coefficient (Wildman–Crippen LogP) is 3.88. The molecule has 0 saturated carbocycles. The van der Waals surface area contributed by atoms with Crippen molar-refractivity contribution in [3.05, 3.63) is 64.7 Å². The van der Waals surface area contributed by atoms with Crippen molar-refractivity contribution in [2.75, 3.05) is 26.2 Å². The molecule has 1 aliphatic rings. The molecule has 1 aliphatic heterocycles. The van der Waals surface area contributed by atoms with Gasteiger partial charge in [-0.2, -0.15) is 0 Å². The largest absolute Gasteiger partial charge is 0.303 e. The van der Waals surface area contributed by atoms with Crippen LogP contribution in [0.2, 0.25) is 5.02 Å². The maximum Gasteiger partial charge on any atom is 0.240 e. The topological polar surface area (TPSA) is 49.4 Å². The molecule has 2 aromatic rings. The summed E-state index contributed by atoms with van der Waals surface area (Å²) in [4.78, 5) is 2.74. The second-order valence-corrected chi connectivity index (χ2v) is 9.45. The van der Waals surface area contributed by atoms with Crippen molar-refractivity contribution in [1.82, 2.24) is 9.62 Å². The lowest BCUT2D eigenvalue weighted by molar-refractivity contribution is 0.187. The summed E-state index contributed by atoms with van der Waals surface area (Å²) in [5.41, 5.74) is 2.08. The van der Waals surface area contributed by atoms with Crippen LogP contribution in [0.5, 0.6) is 0 Å². The number of piperidine rings is 1. The van der Waals surface area contributed by atoms with E-state index in [4.69, 9.17) is 11.6 Å². The predicted molar refractivity (Wildman–Crippen MR) is 111 cm³/mol. The van der Waals surface area contributed by atoms with Gasteiger partial charge in [0.25, 0.3) is 0 Å². The first-order valence-corrected chi connectivity index (χ1v) is 11.3. The molecular weight excluding hydrogens is 380 g/mol. The zero-order valence-electron chi connectivity index (χ0n) is 15.7. The van der Waals surface area contributed by atoms with E-state index in [0.29, 0.717) is 23.0 Å². The highest BCUT2D eigenvalue weighted by atomic mass is 35.5. The summed E-state index contributed by atoms with van der Waals surface area (Å²) in [6.45, 7) is 5.38. The summed E-state index contributed by atoms with van der Waals surface area (Å²) in [6.07, 6.45) is 3.10. The molecule has 1 fully saturated rings. The smallest absolute Gasteiger partial charge is 0.240 e. The second kappa shape index (κ2) is 9.20. The first-order valence-electron chi connectivity index (χ1n) is 9.46. The number of halogens is 1. The number of nitrogens with zero attached hydrogens (tertiary/aromatic N) is 1. The third kappa shape index (κ3) is 5.79. The number of benzene rings is 2. The van der Waals surface area contributed by atoms with Gasteiger partial charge in [0.15, 0.2) is 0 Å². The molecule has 0 radical (unpaired) electrons. The Balaban J connectivity index is 1.46. The van der Waals surface area contributed by atoms with Gasteiger partial charge in [0.2, 0.25) is 10.0 Å². The van der Waals surface area contributed by atoms with Crippen molar-refractivity contribution in [2.45, 2.75) is 31.1 Å². The number of aryl methyl sites for hydroxylation is 1. The highest BCUT2D eigenvalue weighted by Crippen LogP contribution is 2.21. The van der Waals surface area contributed by atoms with Crippen LogP contribution >= 0.6 is 11.6 Å². The molecule has 6 heteroatoms. The molecule has 1 saturated heterocycles. The number of nitrogens with one attached hydrogen (secondary N) is 1. The summed E-state index contributed by atoms with van der Waals surface area (Å²) >= 11 is 5.96. The van der Waals surface area contributed by atoms with Crippen molar-refractivity contribution < 1.29 is 8.42 Å². The van der Waals surface area contributed by atoms with E-state index < -0.39 is 10.0 Å². The van der Waals surface area contributed by atoms with E-state index in [9.17, 15) is 8.42 Å². The van der Waals surface area contributed by atoms with E-state index in [1.54, 1.807) is 19.1 Å². The van der Waals surface area contributed by atoms with E-state index in [1.165, 1.54) is 11.6 Å². The molecule has 27 heavy (non-hydrogen) atoms. The minimum atomic E-state index is -3.52. The molecule has 3 rings (SSSR count). The van der Waals surface area contributed by atoms with E-state index in [0.717, 1.165) is 38.9 Å². The average Bonchev–Trinajstić information content (AvgIpc) is 2.68. The summed E-state index contributed by atoms with van der Waals surface area (Å²) in [5.74, 6) is 0.382. The molecule has 0 aliphatic carbocycles. The molecule has 0 bridgehead atoms. The minimum absolute atomic E-state index is 0.273. The average molecular weight is 407 g/mol. The lowest BCUT2D eigenvalue weighted by Gasteiger charge is -2.32. The van der Waals surface area contributed by atoms with Gasteiger partial charge in [-0.3, -0.25) is 0 Å². The van der Waals surface area contributed by atoms with Gasteiger partial charge < -0.3 is 4.90 Å². The number of sulfonamides is 1. The highest BCUT2D eigenvalue weighted by Gasteiger charge is 2.23. The van der Waals surface area contributed by atoms with Gasteiger partial charge in [-0.25, -0.2) is 13.1 Å². The zero-order chi connectivity index (χ0) is 19.3. The Hall–Kier alpha value is -1.40. The molecule has 0 atom stereocenters. The molecule has 0 unspecified atom stereocenters. The van der Waals surface area contributed by atoms with Crippen LogP contribution in [-0.2, 0) is 16.4 Å². The van der Waals surface area contributed by atoms with Crippen LogP contribution in [0.1, 0.15) is 24.0 Å². The van der Waals surface area contributed by atoms with Gasteiger partial charge in [0, 0.05) is 18.1 Å². The summed E-state index contributed by atoms with van der Waals surface area (Å²) in [6, 6.07) is 15.5. The molecule has 4 nitrogen and oxygen atoms in total. The monoisotopic (exact) mass is 406 g/mol. The van der Waals surface area contributed by atoms with Crippen molar-refractivity contribution in [3.8, 4) is 0 Å². The SMILES string of the molecule is Cc1ccc(Cl)cc1S(=O)(=O)NCC1CCN(CCc2ccccc2)CC1. The summed E-state index contributed by atoms with van der Waals surface area (Å²) in [5, 5.41) is 0.438. The molecule has 2 aromatic carbocycles. The second-order valence-electron chi connectivity index (χ2n) is 7.28. The van der Waals surface area contributed by atoms with Gasteiger partial charge in [0.05, 0.1) is 4.90 Å². The number of rotatable bonds is 7. The van der Waals surface area contributed by atoms with Crippen LogP contribution in [0.3, 0.4) is 0 Å². The first-order chi connectivity index (χ1) is 12.9. The third-order valence-corrected chi connectivity index (χ3v) is 7.07. The standard InChI is InChI=1S/C21H27ClN2O2S/c1-17-7-8-20(22)15-21(17)27(25,26)23-16-19-10-13-24(14-11-19)12-9-18-5-3-2-4-6-18/h2-8,15,19,23H,9-14,16H2,1H3. The van der Waals surface area contributed by atoms with Crippen molar-refractivity contribution >= 4 is 21.6 Å². The van der Waals surface area contributed by atoms with Crippen LogP contribution in [0, 0.1) is 12.8 Å². The Kier molecular flexibility index (Phi) is 6.93. The van der Waals surface area contributed by atoms with Gasteiger partial charge in [-0.15, -0.1) is 0 Å². The van der Waals surface area contributed by atoms with Gasteiger partial charge >= 0.3 is 0 Å². The molecule has 1 heterocycles. The van der Waals surface area contributed by atoms with Gasteiger partial charge in [0.1, 0.15) is 0 Å². The minimum Gasteiger partial charge on any atom is -0.303 e. The van der Waals surface area contributed by atoms with E-state index in [-0.39, 0.29) is 4.90 Å². The van der Waals surface area contributed by atoms with Crippen molar-refractivity contribution in [1.29, 1.82) is 0 Å². The lowest BCUT2D eigenvalue weighted by atomic mass is 9.97. The molecule has 0 spiro atoms. The molecule has 0 aromatic heterocycles. The Bertz CT molecular complexity index is 848. The van der Waals surface area contributed by atoms with Crippen molar-refractivity contribution in [3.63, 3.8) is 0 Å². The Labute approximate surface area is 167 Å². The van der Waals surface area contributed by atoms with E-state index >= 15 is 0 Å². The summed E-state index contributed by atoms with van der Waals surface area (Å²) < 4.78 is 28.0. The summed E-state index contributed by atoms with van der Waals surface area (Å²) in [7, 11) is -3.52. The van der Waals surface area contributed by atoms with Gasteiger partial charge in [-0.05, 0) is 68.5 Å². The lowest BCUT2D eigenvalue weighted by Crippen LogP contribution is -2.39. The fraction of sp³-hybridized carbons (Fsp3) is 0.429. The maximum atomic E-state index is 12.6. The zero-order valence-corrected chi connectivity index (χ0v) is 17.3. The van der Waals surface area contributed by atoms with E-state index in [2.05, 4.69) is 33.9 Å². The van der Waals surface area contributed by atoms with Crippen LogP contribution in [0.4, 0.5) is 0 Å². The first kappa shape index (κ1) is 20.3. The van der Waals surface area contributed by atoms with Crippen LogP contribution in [0.25, 0.3) is 0 Å². The number of hydrogen-bond acceptors (Lipinski definition) is 3. The normalized spacial score (nSPS) is 16.5. The third-order valence-electron chi connectivity index (χ3n) is 5.27. The maximum absolute atomic E-state index is 12.6. The van der Waals surface area contributed by atoms with Crippen LogP contribution in [0.15, 0.2) is 53.4 Å². The Morgan fingerprint density at radius 3 is 2.52 bits per heavy atom. The fourth-order valence-electron chi connectivity index (χ4n) is 3.51. The fourth-order valence-corrected chi connectivity index (χ4v) is 5.14. The number of hydrogen-bond donors (Lipinski definition) is 1. The van der Waals surface area contributed by atoms with Crippen LogP contribution in [-0.4, -0.2) is 39.5 Å². The number of likely N-dealkylation sites (tertiary alicyclic amines) is 1. The van der Waals surface area contributed by atoms with Crippen LogP contribution < -0.4 is 4.72 Å². The Morgan fingerprint density at radius 2 is 1.81 bits per heavy atom. The molecular formula is C21H27ClN2O2S. The van der Waals surface area contributed by atoms with E-state index in [1.807, 2.05) is 6.07 Å². The Morgan fingerprint density at radius 1 is 1.11 bits per heavy atom. The van der Waals surface area contributed by atoms with Gasteiger partial charge in [-0.1, -0.05) is 48.0 Å². The quantitative estimate of drug-likeness (QED) is 0.759. The molecule has 0 amide bonds. The molecule has 146 valence electrons. The van der Waals surface area contributed by atoms with Crippen molar-refractivity contribution in [2.24, 2.45) is 5.92 Å². The highest BCUT2D eigenvalue weighted by molar-refractivity contribution is 7.89.